The SMILES string of the molecule is C=C1C2=C(O)[C@@]3(O)C(=O)C(C(=O)CC(C)(C)C)=C(O)C[C@@]3(C)[C@H](O)[C@@]2(C)[C@H](C)c2cccc(O)c21. The molecule has 1 aromatic carbocycles. The van der Waals surface area contributed by atoms with Crippen LogP contribution in [0.3, 0.4) is 0 Å². The van der Waals surface area contributed by atoms with Crippen molar-refractivity contribution in [2.24, 2.45) is 16.2 Å². The first kappa shape index (κ1) is 25.2. The Balaban J connectivity index is 2.01. The summed E-state index contributed by atoms with van der Waals surface area (Å²) in [5.41, 5.74) is -5.39. The maximum absolute atomic E-state index is 13.8. The van der Waals surface area contributed by atoms with E-state index in [0.29, 0.717) is 11.1 Å². The van der Waals surface area contributed by atoms with Crippen LogP contribution in [0.25, 0.3) is 5.57 Å². The van der Waals surface area contributed by atoms with Gasteiger partial charge in [0.2, 0.25) is 5.78 Å². The Hall–Kier alpha value is -2.90. The zero-order valence-electron chi connectivity index (χ0n) is 21.1. The minimum absolute atomic E-state index is 0.0591. The maximum Gasteiger partial charge on any atom is 0.209 e. The number of phenols is 1. The van der Waals surface area contributed by atoms with E-state index in [1.807, 2.05) is 6.92 Å². The van der Waals surface area contributed by atoms with Gasteiger partial charge in [0.25, 0.3) is 0 Å². The summed E-state index contributed by atoms with van der Waals surface area (Å²) in [6.45, 7) is 14.5. The molecular weight excluding hydrogens is 448 g/mol. The second-order valence-corrected chi connectivity index (χ2v) is 12.0. The summed E-state index contributed by atoms with van der Waals surface area (Å²) in [4.78, 5) is 26.8. The van der Waals surface area contributed by atoms with E-state index in [0.717, 1.165) is 0 Å². The van der Waals surface area contributed by atoms with Gasteiger partial charge in [0, 0.05) is 34.8 Å². The molecule has 0 heterocycles. The molecule has 4 rings (SSSR count). The van der Waals surface area contributed by atoms with Gasteiger partial charge in [-0.2, -0.15) is 0 Å². The van der Waals surface area contributed by atoms with Crippen LogP contribution in [0.2, 0.25) is 0 Å². The number of phenolic OH excluding ortho intramolecular Hbond substituents is 1. The lowest BCUT2D eigenvalue weighted by Gasteiger charge is -2.61. The number of rotatable bonds is 2. The van der Waals surface area contributed by atoms with E-state index in [4.69, 9.17) is 0 Å². The van der Waals surface area contributed by atoms with Crippen molar-refractivity contribution in [1.82, 2.24) is 0 Å². The lowest BCUT2D eigenvalue weighted by Crippen LogP contribution is -2.70. The van der Waals surface area contributed by atoms with Crippen molar-refractivity contribution in [1.29, 1.82) is 0 Å². The highest BCUT2D eigenvalue weighted by Gasteiger charge is 2.72. The molecule has 7 nitrogen and oxygen atoms in total. The first-order chi connectivity index (χ1) is 15.9. The van der Waals surface area contributed by atoms with Gasteiger partial charge in [-0.1, -0.05) is 60.3 Å². The maximum atomic E-state index is 13.8. The number of allylic oxidation sites excluding steroid dienone is 2. The predicted octanol–water partition coefficient (Wildman–Crippen LogP) is 4.24. The smallest absolute Gasteiger partial charge is 0.209 e. The summed E-state index contributed by atoms with van der Waals surface area (Å²) >= 11 is 0. The van der Waals surface area contributed by atoms with Crippen LogP contribution in [-0.2, 0) is 9.59 Å². The molecule has 35 heavy (non-hydrogen) atoms. The third-order valence-electron chi connectivity index (χ3n) is 8.51. The quantitative estimate of drug-likeness (QED) is 0.398. The Morgan fingerprint density at radius 1 is 1.17 bits per heavy atom. The normalized spacial score (nSPS) is 35.0. The number of benzene rings is 1. The van der Waals surface area contributed by atoms with Crippen molar-refractivity contribution >= 4 is 17.1 Å². The molecule has 5 atom stereocenters. The minimum atomic E-state index is -2.68. The number of fused-ring (bicyclic) bond motifs is 3. The number of aromatic hydroxyl groups is 1. The van der Waals surface area contributed by atoms with Gasteiger partial charge in [-0.3, -0.25) is 9.59 Å². The molecule has 0 saturated heterocycles. The molecule has 0 amide bonds. The van der Waals surface area contributed by atoms with Crippen LogP contribution >= 0.6 is 0 Å². The van der Waals surface area contributed by atoms with Gasteiger partial charge < -0.3 is 25.5 Å². The molecule has 0 spiro atoms. The number of carbonyl (C=O) groups excluding carboxylic acids is 2. The molecule has 3 aliphatic carbocycles. The Morgan fingerprint density at radius 2 is 1.77 bits per heavy atom. The molecule has 1 aromatic rings. The highest BCUT2D eigenvalue weighted by molar-refractivity contribution is 6.25. The van der Waals surface area contributed by atoms with Crippen LogP contribution in [0.5, 0.6) is 5.75 Å². The van der Waals surface area contributed by atoms with Gasteiger partial charge in [0.1, 0.15) is 22.8 Å². The molecule has 3 aliphatic rings. The first-order valence-corrected chi connectivity index (χ1v) is 11.8. The first-order valence-electron chi connectivity index (χ1n) is 11.8. The largest absolute Gasteiger partial charge is 0.511 e. The summed E-state index contributed by atoms with van der Waals surface area (Å²) < 4.78 is 0. The molecule has 188 valence electrons. The molecule has 7 heteroatoms. The van der Waals surface area contributed by atoms with Gasteiger partial charge in [-0.05, 0) is 28.5 Å². The topological polar surface area (TPSA) is 135 Å². The van der Waals surface area contributed by atoms with E-state index in [9.17, 15) is 35.1 Å². The molecule has 0 fully saturated rings. The van der Waals surface area contributed by atoms with Crippen LogP contribution in [0.1, 0.15) is 71.4 Å². The van der Waals surface area contributed by atoms with Crippen LogP contribution in [0.15, 0.2) is 47.4 Å². The van der Waals surface area contributed by atoms with Crippen LogP contribution in [-0.4, -0.2) is 48.8 Å². The van der Waals surface area contributed by atoms with Gasteiger partial charge in [0.15, 0.2) is 11.4 Å². The second kappa shape index (κ2) is 7.31. The average Bonchev–Trinajstić information content (AvgIpc) is 2.73. The summed E-state index contributed by atoms with van der Waals surface area (Å²) in [7, 11) is 0. The molecule has 0 radical (unpaired) electrons. The van der Waals surface area contributed by atoms with Crippen LogP contribution in [0.4, 0.5) is 0 Å². The zero-order valence-corrected chi connectivity index (χ0v) is 21.1. The molecule has 0 aromatic heterocycles. The molecule has 5 N–H and O–H groups in total. The Morgan fingerprint density at radius 3 is 2.34 bits per heavy atom. The molecule has 0 unspecified atom stereocenters. The van der Waals surface area contributed by atoms with Crippen molar-refractivity contribution < 1.29 is 35.1 Å². The number of hydrogen-bond donors (Lipinski definition) is 5. The van der Waals surface area contributed by atoms with Gasteiger partial charge in [-0.15, -0.1) is 0 Å². The lowest BCUT2D eigenvalue weighted by atomic mass is 9.44. The van der Waals surface area contributed by atoms with E-state index >= 15 is 0 Å². The molecular formula is C28H34O7. The summed E-state index contributed by atoms with van der Waals surface area (Å²) in [5.74, 6) is -3.55. The van der Waals surface area contributed by atoms with Crippen molar-refractivity contribution in [2.45, 2.75) is 72.0 Å². The summed E-state index contributed by atoms with van der Waals surface area (Å²) in [6, 6.07) is 4.95. The van der Waals surface area contributed by atoms with E-state index in [1.165, 1.54) is 13.0 Å². The standard InChI is InChI=1S/C28H34O7/c1-13-19-15(9-8-10-16(19)29)14(2)27(7)21(13)23(33)28(35)22(32)20(17(30)11-25(3,4)5)18(31)12-26(28,6)24(27)34/h8-10,14,24,29,31,33-35H,1,11-12H2,2-7H3/t14-,24+,26+,27+,28+/m1/s1. The third-order valence-corrected chi connectivity index (χ3v) is 8.51. The Kier molecular flexibility index (Phi) is 5.26. The monoisotopic (exact) mass is 482 g/mol. The Bertz CT molecular complexity index is 1250. The fraction of sp³-hybridized carbons (Fsp3) is 0.500. The average molecular weight is 483 g/mol. The summed E-state index contributed by atoms with van der Waals surface area (Å²) in [6.07, 6.45) is -1.88. The van der Waals surface area contributed by atoms with E-state index < -0.39 is 62.5 Å². The summed E-state index contributed by atoms with van der Waals surface area (Å²) in [5, 5.41) is 56.9. The minimum Gasteiger partial charge on any atom is -0.511 e. The van der Waals surface area contributed by atoms with Crippen molar-refractivity contribution in [2.75, 3.05) is 0 Å². The van der Waals surface area contributed by atoms with Gasteiger partial charge in [0.05, 0.1) is 6.10 Å². The number of carbonyl (C=O) groups is 2. The van der Waals surface area contributed by atoms with Crippen LogP contribution < -0.4 is 0 Å². The lowest BCUT2D eigenvalue weighted by molar-refractivity contribution is -0.190. The molecule has 0 aliphatic heterocycles. The predicted molar refractivity (Wildman–Crippen MR) is 131 cm³/mol. The third kappa shape index (κ3) is 2.97. The number of aliphatic hydroxyl groups excluding tert-OH is 3. The second-order valence-electron chi connectivity index (χ2n) is 12.0. The number of Topliss-reactive ketones (excluding diaryl/α,β-unsaturated/α-hetero) is 2. The van der Waals surface area contributed by atoms with E-state index in [2.05, 4.69) is 6.58 Å². The molecule has 0 saturated carbocycles. The van der Waals surface area contributed by atoms with Gasteiger partial charge >= 0.3 is 0 Å². The van der Waals surface area contributed by atoms with Crippen LogP contribution in [0, 0.1) is 16.2 Å². The number of hydrogen-bond acceptors (Lipinski definition) is 7. The fourth-order valence-electron chi connectivity index (χ4n) is 6.52. The molecule has 0 bridgehead atoms. The Labute approximate surface area is 205 Å². The van der Waals surface area contributed by atoms with Crippen molar-refractivity contribution in [3.05, 3.63) is 58.6 Å². The van der Waals surface area contributed by atoms with Crippen molar-refractivity contribution in [3.8, 4) is 5.75 Å². The fourth-order valence-corrected chi connectivity index (χ4v) is 6.52. The highest BCUT2D eigenvalue weighted by Crippen LogP contribution is 2.67. The van der Waals surface area contributed by atoms with E-state index in [1.54, 1.807) is 39.8 Å². The highest BCUT2D eigenvalue weighted by atomic mass is 16.4. The van der Waals surface area contributed by atoms with E-state index in [-0.39, 0.29) is 29.7 Å². The number of ketones is 2. The number of aliphatic hydroxyl groups is 4. The zero-order chi connectivity index (χ0) is 26.5. The van der Waals surface area contributed by atoms with Gasteiger partial charge in [-0.25, -0.2) is 0 Å². The van der Waals surface area contributed by atoms with Crippen molar-refractivity contribution in [3.63, 3.8) is 0 Å².